The number of carbonyl (C=O) groups excluding carboxylic acids is 2. The van der Waals surface area contributed by atoms with E-state index in [0.29, 0.717) is 29.8 Å². The first-order chi connectivity index (χ1) is 21.1. The Kier molecular flexibility index (Phi) is 28.8. The van der Waals surface area contributed by atoms with Gasteiger partial charge in [-0.1, -0.05) is 135 Å². The number of Topliss-reactive ketones (excluding diaryl/α,β-unsaturated/α-hetero) is 1. The quantitative estimate of drug-likeness (QED) is 0.0428. The van der Waals surface area contributed by atoms with E-state index in [0.717, 1.165) is 57.8 Å². The van der Waals surface area contributed by atoms with Crippen LogP contribution < -0.4 is 5.32 Å². The molecule has 0 saturated carbocycles. The minimum Gasteiger partial charge on any atom is -0.748 e. The summed E-state index contributed by atoms with van der Waals surface area (Å²) in [5.41, 5.74) is 0. The molecule has 0 aliphatic rings. The zero-order valence-electron chi connectivity index (χ0n) is 29.3. The van der Waals surface area contributed by atoms with Gasteiger partial charge in [-0.15, -0.1) is 0 Å². The second-order valence-electron chi connectivity index (χ2n) is 13.9. The van der Waals surface area contributed by atoms with Crippen LogP contribution in [0.5, 0.6) is 0 Å². The van der Waals surface area contributed by atoms with Crippen LogP contribution >= 0.6 is 0 Å². The monoisotopic (exact) mass is 645 g/mol. The van der Waals surface area contributed by atoms with Crippen molar-refractivity contribution >= 4 is 21.8 Å². The molecule has 0 aromatic heterocycles. The summed E-state index contributed by atoms with van der Waals surface area (Å²) in [6.07, 6.45) is 32.1. The maximum Gasteiger partial charge on any atom is 0.219 e. The van der Waals surface area contributed by atoms with Gasteiger partial charge in [0.25, 0.3) is 0 Å². The molecule has 0 unspecified atom stereocenters. The van der Waals surface area contributed by atoms with Gasteiger partial charge in [-0.2, -0.15) is 0 Å². The van der Waals surface area contributed by atoms with Gasteiger partial charge in [-0.05, 0) is 19.3 Å². The first kappa shape index (κ1) is 43.0. The molecular weight excluding hydrogens is 572 g/mol. The van der Waals surface area contributed by atoms with Crippen LogP contribution in [0.4, 0.5) is 0 Å². The van der Waals surface area contributed by atoms with E-state index in [9.17, 15) is 22.6 Å². The highest BCUT2D eigenvalue weighted by atomic mass is 32.2. The number of amides is 1. The lowest BCUT2D eigenvalue weighted by Gasteiger charge is -2.30. The number of hydrogen-bond donors (Lipinski definition) is 1. The number of unbranched alkanes of at least 4 members (excludes halogenated alkanes) is 21. The van der Waals surface area contributed by atoms with E-state index in [1.54, 1.807) is 0 Å². The van der Waals surface area contributed by atoms with E-state index in [4.69, 9.17) is 0 Å². The summed E-state index contributed by atoms with van der Waals surface area (Å²) in [5, 5.41) is 2.94. The van der Waals surface area contributed by atoms with Crippen molar-refractivity contribution in [2.75, 3.05) is 39.5 Å². The summed E-state index contributed by atoms with van der Waals surface area (Å²) in [5.74, 6) is 0.174. The zero-order valence-corrected chi connectivity index (χ0v) is 30.1. The maximum atomic E-state index is 12.2. The van der Waals surface area contributed by atoms with Crippen molar-refractivity contribution in [3.63, 3.8) is 0 Å². The second-order valence-corrected chi connectivity index (χ2v) is 15.4. The van der Waals surface area contributed by atoms with Crippen LogP contribution in [-0.2, 0) is 19.7 Å². The molecule has 44 heavy (non-hydrogen) atoms. The topological polar surface area (TPSA) is 103 Å². The third-order valence-electron chi connectivity index (χ3n) is 8.88. The highest BCUT2D eigenvalue weighted by molar-refractivity contribution is 7.85. The Labute approximate surface area is 273 Å². The van der Waals surface area contributed by atoms with Crippen LogP contribution in [-0.4, -0.2) is 68.6 Å². The Balaban J connectivity index is 3.37. The lowest BCUT2D eigenvalue weighted by molar-refractivity contribution is -0.888. The normalized spacial score (nSPS) is 12.1. The molecule has 0 spiro atoms. The molecule has 0 aromatic rings. The average molecular weight is 645 g/mol. The van der Waals surface area contributed by atoms with Gasteiger partial charge >= 0.3 is 0 Å². The smallest absolute Gasteiger partial charge is 0.219 e. The Morgan fingerprint density at radius 1 is 0.545 bits per heavy atom. The van der Waals surface area contributed by atoms with Gasteiger partial charge in [0.2, 0.25) is 5.91 Å². The molecule has 0 aromatic carbocycles. The van der Waals surface area contributed by atoms with Crippen LogP contribution in [0.25, 0.3) is 0 Å². The molecule has 0 rings (SSSR count). The molecule has 1 amide bonds. The second kappa shape index (κ2) is 29.4. The summed E-state index contributed by atoms with van der Waals surface area (Å²) in [6, 6.07) is 0. The van der Waals surface area contributed by atoms with E-state index in [1.165, 1.54) is 109 Å². The number of carbonyl (C=O) groups is 2. The highest BCUT2D eigenvalue weighted by Crippen LogP contribution is 2.15. The van der Waals surface area contributed by atoms with E-state index in [-0.39, 0.29) is 18.2 Å². The van der Waals surface area contributed by atoms with E-state index in [2.05, 4.69) is 12.2 Å². The minimum atomic E-state index is -4.19. The standard InChI is InChI=1S/C36H72N2O5S/c1-4-5-6-7-8-9-10-11-12-13-14-15-18-21-24-28-35(39)29-25-22-19-16-17-20-23-26-30-36(40)37-31-27-32-38(2,3)33-34-44(41,42)43/h4-34H2,1-3H3,(H-,37,40,41,42,43). The van der Waals surface area contributed by atoms with Crippen molar-refractivity contribution in [1.82, 2.24) is 5.32 Å². The lowest BCUT2D eigenvalue weighted by Crippen LogP contribution is -2.44. The van der Waals surface area contributed by atoms with Crippen molar-refractivity contribution < 1.29 is 27.0 Å². The highest BCUT2D eigenvalue weighted by Gasteiger charge is 2.16. The van der Waals surface area contributed by atoms with Gasteiger partial charge < -0.3 is 14.4 Å². The Morgan fingerprint density at radius 3 is 1.30 bits per heavy atom. The summed E-state index contributed by atoms with van der Waals surface area (Å²) >= 11 is 0. The molecule has 262 valence electrons. The fourth-order valence-electron chi connectivity index (χ4n) is 5.78. The molecule has 0 heterocycles. The molecular formula is C36H72N2O5S. The zero-order chi connectivity index (χ0) is 32.8. The molecule has 1 N–H and O–H groups in total. The number of nitrogens with zero attached hydrogens (tertiary/aromatic N) is 1. The Hall–Kier alpha value is -0.990. The molecule has 0 aliphatic heterocycles. The Morgan fingerprint density at radius 2 is 0.909 bits per heavy atom. The summed E-state index contributed by atoms with van der Waals surface area (Å²) < 4.78 is 32.9. The predicted molar refractivity (Wildman–Crippen MR) is 185 cm³/mol. The third-order valence-corrected chi connectivity index (χ3v) is 9.56. The van der Waals surface area contributed by atoms with Crippen molar-refractivity contribution in [2.45, 2.75) is 180 Å². The van der Waals surface area contributed by atoms with Crippen LogP contribution in [0, 0.1) is 0 Å². The molecule has 0 fully saturated rings. The van der Waals surface area contributed by atoms with Crippen LogP contribution in [0.3, 0.4) is 0 Å². The van der Waals surface area contributed by atoms with Gasteiger partial charge in [-0.25, -0.2) is 8.42 Å². The molecule has 0 saturated heterocycles. The summed E-state index contributed by atoms with van der Waals surface area (Å²) in [7, 11) is -0.391. The number of hydrogen-bond acceptors (Lipinski definition) is 5. The molecule has 0 bridgehead atoms. The van der Waals surface area contributed by atoms with Crippen LogP contribution in [0.15, 0.2) is 0 Å². The fraction of sp³-hybridized carbons (Fsp3) is 0.944. The predicted octanol–water partition coefficient (Wildman–Crippen LogP) is 8.85. The number of quaternary nitrogens is 1. The first-order valence-electron chi connectivity index (χ1n) is 18.6. The molecule has 8 heteroatoms. The number of nitrogens with one attached hydrogen (secondary N) is 1. The average Bonchev–Trinajstić information content (AvgIpc) is 2.97. The van der Waals surface area contributed by atoms with Crippen LogP contribution in [0.2, 0.25) is 0 Å². The fourth-order valence-corrected chi connectivity index (χ4v) is 6.50. The molecule has 0 radical (unpaired) electrons. The molecule has 0 aliphatic carbocycles. The lowest BCUT2D eigenvalue weighted by atomic mass is 10.0. The Bertz CT molecular complexity index is 785. The van der Waals surface area contributed by atoms with Gasteiger partial charge in [0.15, 0.2) is 0 Å². The van der Waals surface area contributed by atoms with Crippen molar-refractivity contribution in [2.24, 2.45) is 0 Å². The minimum absolute atomic E-state index is 0.0754. The van der Waals surface area contributed by atoms with Gasteiger partial charge in [0.1, 0.15) is 15.9 Å². The largest absolute Gasteiger partial charge is 0.748 e. The molecule has 7 nitrogen and oxygen atoms in total. The van der Waals surface area contributed by atoms with Crippen molar-refractivity contribution in [3.05, 3.63) is 0 Å². The van der Waals surface area contributed by atoms with E-state index < -0.39 is 10.1 Å². The SMILES string of the molecule is CCCCCCCCCCCCCCCCCC(=O)CCCCCCCCCCC(=O)NCCC[N+](C)(C)CCS(=O)(=O)[O-]. The van der Waals surface area contributed by atoms with Gasteiger partial charge in [-0.3, -0.25) is 9.59 Å². The van der Waals surface area contributed by atoms with E-state index in [1.807, 2.05) is 14.1 Å². The first-order valence-corrected chi connectivity index (χ1v) is 20.2. The summed E-state index contributed by atoms with van der Waals surface area (Å²) in [6.45, 7) is 3.85. The van der Waals surface area contributed by atoms with Gasteiger partial charge in [0, 0.05) is 32.2 Å². The van der Waals surface area contributed by atoms with Gasteiger partial charge in [0.05, 0.1) is 32.9 Å². The molecule has 0 atom stereocenters. The number of ketones is 1. The third kappa shape index (κ3) is 33.9. The van der Waals surface area contributed by atoms with Crippen LogP contribution in [0.1, 0.15) is 180 Å². The van der Waals surface area contributed by atoms with Crippen molar-refractivity contribution in [3.8, 4) is 0 Å². The number of rotatable bonds is 34. The van der Waals surface area contributed by atoms with Crippen molar-refractivity contribution in [1.29, 1.82) is 0 Å². The maximum absolute atomic E-state index is 12.2. The van der Waals surface area contributed by atoms with E-state index >= 15 is 0 Å². The summed E-state index contributed by atoms with van der Waals surface area (Å²) in [4.78, 5) is 24.2.